The van der Waals surface area contributed by atoms with Crippen molar-refractivity contribution >= 4 is 5.91 Å². The summed E-state index contributed by atoms with van der Waals surface area (Å²) in [6.07, 6.45) is 0.288. The third-order valence-electron chi connectivity index (χ3n) is 2.37. The molecule has 13 heavy (non-hydrogen) atoms. The van der Waals surface area contributed by atoms with Gasteiger partial charge in [-0.1, -0.05) is 13.8 Å². The molecule has 0 saturated carbocycles. The highest BCUT2D eigenvalue weighted by Gasteiger charge is 2.37. The number of hydrogen-bond donors (Lipinski definition) is 1. The van der Waals surface area contributed by atoms with Crippen LogP contribution in [0.25, 0.3) is 0 Å². The summed E-state index contributed by atoms with van der Waals surface area (Å²) in [5, 5.41) is 0. The predicted molar refractivity (Wildman–Crippen MR) is 49.7 cm³/mol. The Morgan fingerprint density at radius 2 is 2.31 bits per heavy atom. The molecule has 0 aromatic carbocycles. The second-order valence-electron chi connectivity index (χ2n) is 4.09. The molecule has 0 spiro atoms. The molecule has 1 aliphatic heterocycles. The van der Waals surface area contributed by atoms with E-state index in [1.807, 2.05) is 11.8 Å². The maximum absolute atomic E-state index is 11.6. The first-order valence-electron chi connectivity index (χ1n) is 4.72. The molecule has 0 aromatic heterocycles. The summed E-state index contributed by atoms with van der Waals surface area (Å²) in [5.74, 6) is 5.55. The van der Waals surface area contributed by atoms with Crippen LogP contribution >= 0.6 is 0 Å². The summed E-state index contributed by atoms with van der Waals surface area (Å²) in [6.45, 7) is 7.01. The van der Waals surface area contributed by atoms with Crippen LogP contribution in [0.3, 0.4) is 0 Å². The average molecular weight is 186 g/mol. The molecule has 1 fully saturated rings. The Morgan fingerprint density at radius 1 is 1.69 bits per heavy atom. The second-order valence-corrected chi connectivity index (χ2v) is 4.09. The molecule has 1 unspecified atom stereocenters. The van der Waals surface area contributed by atoms with E-state index in [1.165, 1.54) is 0 Å². The first kappa shape index (κ1) is 10.5. The van der Waals surface area contributed by atoms with Crippen molar-refractivity contribution in [2.75, 3.05) is 6.54 Å². The van der Waals surface area contributed by atoms with E-state index in [2.05, 4.69) is 18.7 Å². The van der Waals surface area contributed by atoms with Crippen LogP contribution in [0.5, 0.6) is 0 Å². The van der Waals surface area contributed by atoms with E-state index < -0.39 is 6.10 Å². The van der Waals surface area contributed by atoms with Crippen LogP contribution in [0.1, 0.15) is 27.2 Å². The van der Waals surface area contributed by atoms with Gasteiger partial charge in [0.1, 0.15) is 0 Å². The Labute approximate surface area is 79.0 Å². The second kappa shape index (κ2) is 4.07. The fourth-order valence-corrected chi connectivity index (χ4v) is 1.72. The van der Waals surface area contributed by atoms with E-state index in [-0.39, 0.29) is 11.9 Å². The van der Waals surface area contributed by atoms with Crippen molar-refractivity contribution in [2.45, 2.75) is 39.3 Å². The van der Waals surface area contributed by atoms with Crippen LogP contribution in [0.2, 0.25) is 0 Å². The average Bonchev–Trinajstić information content (AvgIpc) is 2.31. The number of rotatable bonds is 3. The van der Waals surface area contributed by atoms with Crippen LogP contribution in [0.15, 0.2) is 0 Å². The van der Waals surface area contributed by atoms with Crippen molar-refractivity contribution in [3.05, 3.63) is 0 Å². The van der Waals surface area contributed by atoms with E-state index in [0.717, 1.165) is 6.54 Å². The maximum Gasteiger partial charge on any atom is 0.254 e. The van der Waals surface area contributed by atoms with Gasteiger partial charge in [0.25, 0.3) is 5.91 Å². The van der Waals surface area contributed by atoms with Gasteiger partial charge in [0.15, 0.2) is 6.10 Å². The van der Waals surface area contributed by atoms with Crippen molar-refractivity contribution in [3.63, 3.8) is 0 Å². The smallest absolute Gasteiger partial charge is 0.254 e. The molecular weight excluding hydrogens is 168 g/mol. The lowest BCUT2D eigenvalue weighted by Crippen LogP contribution is -2.37. The first-order chi connectivity index (χ1) is 6.06. The van der Waals surface area contributed by atoms with Crippen LogP contribution < -0.4 is 5.90 Å². The van der Waals surface area contributed by atoms with Gasteiger partial charge in [0.2, 0.25) is 0 Å². The number of amides is 1. The fourth-order valence-electron chi connectivity index (χ4n) is 1.72. The van der Waals surface area contributed by atoms with Crippen LogP contribution in [0, 0.1) is 5.92 Å². The van der Waals surface area contributed by atoms with E-state index >= 15 is 0 Å². The van der Waals surface area contributed by atoms with Gasteiger partial charge in [-0.2, -0.15) is 0 Å². The minimum absolute atomic E-state index is 0.0312. The normalized spacial score (nSPS) is 29.0. The zero-order valence-corrected chi connectivity index (χ0v) is 8.49. The SMILES string of the molecule is CC(C)CN1C(=O)[C@H](ON)CC1C. The standard InChI is InChI=1S/C9H18N2O2/c1-6(2)5-11-7(3)4-8(13-10)9(11)12/h6-8H,4-5,10H2,1-3H3/t7?,8-/m1/s1. The Hall–Kier alpha value is -0.610. The van der Waals surface area contributed by atoms with E-state index in [1.54, 1.807) is 0 Å². The molecule has 1 rings (SSSR count). The molecule has 1 heterocycles. The van der Waals surface area contributed by atoms with Crippen molar-refractivity contribution in [2.24, 2.45) is 11.8 Å². The van der Waals surface area contributed by atoms with E-state index in [0.29, 0.717) is 12.3 Å². The zero-order valence-electron chi connectivity index (χ0n) is 8.49. The molecule has 2 atom stereocenters. The Balaban J connectivity index is 2.59. The molecule has 0 aliphatic carbocycles. The zero-order chi connectivity index (χ0) is 10.0. The van der Waals surface area contributed by atoms with Crippen molar-refractivity contribution in [1.29, 1.82) is 0 Å². The Kier molecular flexibility index (Phi) is 3.27. The number of nitrogens with zero attached hydrogens (tertiary/aromatic N) is 1. The summed E-state index contributed by atoms with van der Waals surface area (Å²) in [6, 6.07) is 0.253. The lowest BCUT2D eigenvalue weighted by molar-refractivity contribution is -0.138. The molecule has 1 amide bonds. The largest absolute Gasteiger partial charge is 0.337 e. The summed E-state index contributed by atoms with van der Waals surface area (Å²) >= 11 is 0. The van der Waals surface area contributed by atoms with Gasteiger partial charge in [0.05, 0.1) is 0 Å². The minimum atomic E-state index is -0.422. The molecular formula is C9H18N2O2. The van der Waals surface area contributed by atoms with E-state index in [4.69, 9.17) is 5.90 Å². The molecule has 4 nitrogen and oxygen atoms in total. The summed E-state index contributed by atoms with van der Waals surface area (Å²) in [5.41, 5.74) is 0. The number of carbonyl (C=O) groups is 1. The molecule has 0 aromatic rings. The molecule has 0 bridgehead atoms. The van der Waals surface area contributed by atoms with Crippen LogP contribution in [-0.4, -0.2) is 29.5 Å². The highest BCUT2D eigenvalue weighted by molar-refractivity contribution is 5.83. The van der Waals surface area contributed by atoms with Crippen LogP contribution in [-0.2, 0) is 9.63 Å². The molecule has 2 N–H and O–H groups in total. The third-order valence-corrected chi connectivity index (χ3v) is 2.37. The van der Waals surface area contributed by atoms with Gasteiger partial charge in [0, 0.05) is 19.0 Å². The highest BCUT2D eigenvalue weighted by Crippen LogP contribution is 2.21. The quantitative estimate of drug-likeness (QED) is 0.654. The number of nitrogens with two attached hydrogens (primary N) is 1. The van der Waals surface area contributed by atoms with Gasteiger partial charge in [-0.15, -0.1) is 0 Å². The van der Waals surface area contributed by atoms with Gasteiger partial charge >= 0.3 is 0 Å². The maximum atomic E-state index is 11.6. The van der Waals surface area contributed by atoms with Crippen molar-refractivity contribution in [1.82, 2.24) is 4.90 Å². The summed E-state index contributed by atoms with van der Waals surface area (Å²) in [7, 11) is 0. The topological polar surface area (TPSA) is 55.6 Å². The summed E-state index contributed by atoms with van der Waals surface area (Å²) in [4.78, 5) is 18.1. The molecule has 0 radical (unpaired) electrons. The molecule has 4 heteroatoms. The van der Waals surface area contributed by atoms with E-state index in [9.17, 15) is 4.79 Å². The van der Waals surface area contributed by atoms with Crippen LogP contribution in [0.4, 0.5) is 0 Å². The predicted octanol–water partition coefficient (Wildman–Crippen LogP) is 0.522. The molecule has 76 valence electrons. The van der Waals surface area contributed by atoms with Gasteiger partial charge in [-0.05, 0) is 12.8 Å². The number of hydrogen-bond acceptors (Lipinski definition) is 3. The monoisotopic (exact) mass is 186 g/mol. The third kappa shape index (κ3) is 2.19. The minimum Gasteiger partial charge on any atom is -0.337 e. The molecule has 1 saturated heterocycles. The lowest BCUT2D eigenvalue weighted by atomic mass is 10.2. The Morgan fingerprint density at radius 3 is 2.69 bits per heavy atom. The van der Waals surface area contributed by atoms with Gasteiger partial charge in [-0.3, -0.25) is 9.63 Å². The first-order valence-corrected chi connectivity index (χ1v) is 4.72. The highest BCUT2D eigenvalue weighted by atomic mass is 16.6. The number of carbonyl (C=O) groups excluding carboxylic acids is 1. The van der Waals surface area contributed by atoms with Crippen molar-refractivity contribution < 1.29 is 9.63 Å². The van der Waals surface area contributed by atoms with Gasteiger partial charge < -0.3 is 4.90 Å². The summed E-state index contributed by atoms with van der Waals surface area (Å²) < 4.78 is 0. The number of likely N-dealkylation sites (tertiary alicyclic amines) is 1. The molecule has 1 aliphatic rings. The lowest BCUT2D eigenvalue weighted by Gasteiger charge is -2.23. The Bertz CT molecular complexity index is 194. The fraction of sp³-hybridized carbons (Fsp3) is 0.889. The van der Waals surface area contributed by atoms with Crippen molar-refractivity contribution in [3.8, 4) is 0 Å². The van der Waals surface area contributed by atoms with Gasteiger partial charge in [-0.25, -0.2) is 5.90 Å².